The quantitative estimate of drug-likeness (QED) is 0.288. The molecule has 1 heterocycles. The summed E-state index contributed by atoms with van der Waals surface area (Å²) in [7, 11) is 3.86. The molecule has 2 unspecified atom stereocenters. The Morgan fingerprint density at radius 1 is 1.41 bits per heavy atom. The van der Waals surface area contributed by atoms with E-state index < -0.39 is 0 Å². The summed E-state index contributed by atoms with van der Waals surface area (Å²) < 4.78 is 5.48. The molecule has 6 nitrogen and oxygen atoms in total. The van der Waals surface area contributed by atoms with E-state index in [4.69, 9.17) is 15.4 Å². The standard InChI is InChI=1S/C11H18N4O2/c1-15(2)7-16-14-11-10(17-11)8-5-3-4-6-9(8)13-12/h3-6,10-11,13-14H,7,12H2,1-2H3. The normalized spacial score (nSPS) is 22.8. The van der Waals surface area contributed by atoms with Gasteiger partial charge in [0, 0.05) is 5.56 Å². The summed E-state index contributed by atoms with van der Waals surface area (Å²) in [6.07, 6.45) is -0.117. The zero-order valence-corrected chi connectivity index (χ0v) is 10.0. The van der Waals surface area contributed by atoms with Crippen molar-refractivity contribution >= 4 is 5.69 Å². The van der Waals surface area contributed by atoms with Crippen LogP contribution in [0.4, 0.5) is 5.69 Å². The van der Waals surface area contributed by atoms with Crippen molar-refractivity contribution < 1.29 is 9.57 Å². The van der Waals surface area contributed by atoms with Crippen LogP contribution in [0.25, 0.3) is 0 Å². The minimum absolute atomic E-state index is 0.00980. The van der Waals surface area contributed by atoms with Gasteiger partial charge in [-0.3, -0.25) is 15.6 Å². The van der Waals surface area contributed by atoms with Crippen molar-refractivity contribution in [3.05, 3.63) is 29.8 Å². The molecule has 1 fully saturated rings. The van der Waals surface area contributed by atoms with Crippen LogP contribution in [-0.4, -0.2) is 32.0 Å². The Labute approximate surface area is 101 Å². The molecule has 1 aliphatic rings. The molecule has 1 aromatic carbocycles. The van der Waals surface area contributed by atoms with Crippen molar-refractivity contribution in [1.82, 2.24) is 10.4 Å². The minimum atomic E-state index is -0.107. The lowest BCUT2D eigenvalue weighted by molar-refractivity contribution is -0.0333. The number of benzene rings is 1. The monoisotopic (exact) mass is 238 g/mol. The van der Waals surface area contributed by atoms with Crippen LogP contribution in [0.3, 0.4) is 0 Å². The molecule has 0 radical (unpaired) electrons. The number of ether oxygens (including phenoxy) is 1. The fourth-order valence-electron chi connectivity index (χ4n) is 1.56. The number of nitrogen functional groups attached to an aromatic ring is 1. The Kier molecular flexibility index (Phi) is 3.93. The van der Waals surface area contributed by atoms with E-state index >= 15 is 0 Å². The second-order valence-electron chi connectivity index (χ2n) is 4.18. The van der Waals surface area contributed by atoms with Crippen LogP contribution in [0.5, 0.6) is 0 Å². The van der Waals surface area contributed by atoms with Crippen molar-refractivity contribution in [1.29, 1.82) is 0 Å². The molecule has 0 aliphatic carbocycles. The van der Waals surface area contributed by atoms with Crippen molar-refractivity contribution in [2.75, 3.05) is 26.3 Å². The van der Waals surface area contributed by atoms with Crippen LogP contribution >= 0.6 is 0 Å². The molecule has 6 heteroatoms. The summed E-state index contributed by atoms with van der Waals surface area (Å²) in [5.41, 5.74) is 7.41. The van der Waals surface area contributed by atoms with E-state index in [-0.39, 0.29) is 12.3 Å². The summed E-state index contributed by atoms with van der Waals surface area (Å²) in [6.45, 7) is 0.503. The van der Waals surface area contributed by atoms with Gasteiger partial charge >= 0.3 is 0 Å². The Bertz CT molecular complexity index is 372. The second-order valence-corrected chi connectivity index (χ2v) is 4.18. The molecular weight excluding hydrogens is 220 g/mol. The van der Waals surface area contributed by atoms with Gasteiger partial charge in [0.15, 0.2) is 6.23 Å². The second kappa shape index (κ2) is 5.44. The van der Waals surface area contributed by atoms with Crippen LogP contribution in [0.1, 0.15) is 11.7 Å². The fraction of sp³-hybridized carbons (Fsp3) is 0.455. The first-order valence-corrected chi connectivity index (χ1v) is 5.45. The van der Waals surface area contributed by atoms with E-state index in [9.17, 15) is 0 Å². The molecule has 94 valence electrons. The summed E-state index contributed by atoms with van der Waals surface area (Å²) in [5.74, 6) is 5.44. The molecular formula is C11H18N4O2. The summed E-state index contributed by atoms with van der Waals surface area (Å²) >= 11 is 0. The number of nitrogens with one attached hydrogen (secondary N) is 2. The van der Waals surface area contributed by atoms with Gasteiger partial charge in [-0.2, -0.15) is 5.48 Å². The van der Waals surface area contributed by atoms with E-state index in [2.05, 4.69) is 10.9 Å². The highest BCUT2D eigenvalue weighted by molar-refractivity contribution is 5.52. The average Bonchev–Trinajstić information content (AvgIpc) is 3.08. The van der Waals surface area contributed by atoms with Gasteiger partial charge in [-0.1, -0.05) is 18.2 Å². The van der Waals surface area contributed by atoms with Crippen molar-refractivity contribution in [2.45, 2.75) is 12.3 Å². The minimum Gasteiger partial charge on any atom is -0.346 e. The Morgan fingerprint density at radius 3 is 2.88 bits per heavy atom. The molecule has 2 rings (SSSR count). The van der Waals surface area contributed by atoms with Crippen molar-refractivity contribution in [2.24, 2.45) is 5.84 Å². The number of nitrogens with zero attached hydrogens (tertiary/aromatic N) is 1. The van der Waals surface area contributed by atoms with Crippen LogP contribution in [0.2, 0.25) is 0 Å². The fourth-order valence-corrected chi connectivity index (χ4v) is 1.56. The Hall–Kier alpha value is -1.18. The van der Waals surface area contributed by atoms with E-state index in [1.165, 1.54) is 0 Å². The van der Waals surface area contributed by atoms with Gasteiger partial charge in [-0.05, 0) is 20.2 Å². The first-order chi connectivity index (χ1) is 8.22. The molecule has 1 aliphatic heterocycles. The lowest BCUT2D eigenvalue weighted by atomic mass is 10.1. The van der Waals surface area contributed by atoms with E-state index in [0.717, 1.165) is 11.3 Å². The lowest BCUT2D eigenvalue weighted by Crippen LogP contribution is -2.26. The van der Waals surface area contributed by atoms with Crippen molar-refractivity contribution in [3.63, 3.8) is 0 Å². The number of anilines is 1. The average molecular weight is 238 g/mol. The van der Waals surface area contributed by atoms with Gasteiger partial charge in [0.2, 0.25) is 0 Å². The number of hydrazine groups is 1. The molecule has 0 bridgehead atoms. The molecule has 1 aromatic rings. The third-order valence-corrected chi connectivity index (χ3v) is 2.44. The maximum Gasteiger partial charge on any atom is 0.161 e. The molecule has 0 saturated carbocycles. The smallest absolute Gasteiger partial charge is 0.161 e. The SMILES string of the molecule is CN(C)CONC1OC1c1ccccc1NN. The van der Waals surface area contributed by atoms with Crippen LogP contribution in [0.15, 0.2) is 24.3 Å². The first kappa shape index (κ1) is 12.3. The summed E-state index contributed by atoms with van der Waals surface area (Å²) in [5, 5.41) is 0. The first-order valence-electron chi connectivity index (χ1n) is 5.45. The largest absolute Gasteiger partial charge is 0.346 e. The molecule has 2 atom stereocenters. The van der Waals surface area contributed by atoms with Gasteiger partial charge in [0.1, 0.15) is 12.8 Å². The van der Waals surface area contributed by atoms with Gasteiger partial charge in [0.25, 0.3) is 0 Å². The number of nitrogens with two attached hydrogens (primary N) is 1. The van der Waals surface area contributed by atoms with Crippen molar-refractivity contribution in [3.8, 4) is 0 Å². The number of rotatable bonds is 6. The van der Waals surface area contributed by atoms with Crippen LogP contribution in [0, 0.1) is 0 Å². The Balaban J connectivity index is 1.85. The maximum absolute atomic E-state index is 5.48. The zero-order chi connectivity index (χ0) is 12.3. The van der Waals surface area contributed by atoms with Gasteiger partial charge in [-0.25, -0.2) is 0 Å². The van der Waals surface area contributed by atoms with E-state index in [1.54, 1.807) is 0 Å². The van der Waals surface area contributed by atoms with Gasteiger partial charge in [0.05, 0.1) is 5.69 Å². The highest BCUT2D eigenvalue weighted by Crippen LogP contribution is 2.40. The van der Waals surface area contributed by atoms with Crippen LogP contribution in [-0.2, 0) is 9.57 Å². The topological polar surface area (TPSA) is 75.1 Å². The molecule has 0 spiro atoms. The third-order valence-electron chi connectivity index (χ3n) is 2.44. The summed E-state index contributed by atoms with van der Waals surface area (Å²) in [6, 6.07) is 7.77. The highest BCUT2D eigenvalue weighted by Gasteiger charge is 2.41. The molecule has 17 heavy (non-hydrogen) atoms. The molecule has 0 amide bonds. The number of para-hydroxylation sites is 1. The number of hydroxylamine groups is 1. The summed E-state index contributed by atoms with van der Waals surface area (Å²) in [4.78, 5) is 7.16. The number of epoxide rings is 1. The predicted molar refractivity (Wildman–Crippen MR) is 64.6 cm³/mol. The zero-order valence-electron chi connectivity index (χ0n) is 10.0. The predicted octanol–water partition coefficient (Wildman–Crippen LogP) is 0.410. The Morgan fingerprint density at radius 2 is 2.18 bits per heavy atom. The highest BCUT2D eigenvalue weighted by atomic mass is 16.7. The number of hydrogen-bond donors (Lipinski definition) is 3. The number of hydrogen-bond acceptors (Lipinski definition) is 6. The molecule has 0 aromatic heterocycles. The molecule has 1 saturated heterocycles. The maximum atomic E-state index is 5.48. The molecule has 4 N–H and O–H groups in total. The lowest BCUT2D eigenvalue weighted by Gasteiger charge is -2.09. The van der Waals surface area contributed by atoms with E-state index in [0.29, 0.717) is 6.73 Å². The van der Waals surface area contributed by atoms with Gasteiger partial charge < -0.3 is 10.2 Å². The third kappa shape index (κ3) is 3.15. The van der Waals surface area contributed by atoms with Crippen LogP contribution < -0.4 is 16.7 Å². The van der Waals surface area contributed by atoms with Gasteiger partial charge in [-0.15, -0.1) is 0 Å². The van der Waals surface area contributed by atoms with E-state index in [1.807, 2.05) is 43.3 Å².